The maximum atomic E-state index is 11.9. The number of aromatic nitrogens is 1. The number of amides is 1. The number of sulfone groups is 1. The van der Waals surface area contributed by atoms with Gasteiger partial charge in [0.1, 0.15) is 15.4 Å². The Bertz CT molecular complexity index is 634. The molecule has 0 bridgehead atoms. The Morgan fingerprint density at radius 3 is 2.58 bits per heavy atom. The SMILES string of the molecule is Cc1cc(=O)c(C(=O)NC2CCS(=O)(=O)CC2)c[nH]1. The highest BCUT2D eigenvalue weighted by Crippen LogP contribution is 2.12. The summed E-state index contributed by atoms with van der Waals surface area (Å²) in [6, 6.07) is 1.18. The lowest BCUT2D eigenvalue weighted by atomic mass is 10.1. The smallest absolute Gasteiger partial charge is 0.256 e. The molecule has 1 amide bonds. The van der Waals surface area contributed by atoms with E-state index >= 15 is 0 Å². The second kappa shape index (κ2) is 5.16. The third-order valence-corrected chi connectivity index (χ3v) is 4.91. The van der Waals surface area contributed by atoms with Gasteiger partial charge in [-0.3, -0.25) is 9.59 Å². The van der Waals surface area contributed by atoms with Crippen LogP contribution in [0.1, 0.15) is 28.9 Å². The van der Waals surface area contributed by atoms with Crippen molar-refractivity contribution < 1.29 is 13.2 Å². The van der Waals surface area contributed by atoms with Crippen LogP contribution in [-0.4, -0.2) is 36.9 Å². The number of rotatable bonds is 2. The Balaban J connectivity index is 2.04. The molecule has 2 heterocycles. The van der Waals surface area contributed by atoms with Crippen molar-refractivity contribution in [3.05, 3.63) is 33.7 Å². The molecular weight excluding hydrogens is 268 g/mol. The molecule has 6 nitrogen and oxygen atoms in total. The van der Waals surface area contributed by atoms with Crippen molar-refractivity contribution in [3.8, 4) is 0 Å². The predicted molar refractivity (Wildman–Crippen MR) is 70.9 cm³/mol. The minimum Gasteiger partial charge on any atom is -0.364 e. The van der Waals surface area contributed by atoms with Gasteiger partial charge in [-0.1, -0.05) is 0 Å². The summed E-state index contributed by atoms with van der Waals surface area (Å²) in [5.41, 5.74) is 0.404. The van der Waals surface area contributed by atoms with Gasteiger partial charge in [0.15, 0.2) is 5.43 Å². The summed E-state index contributed by atoms with van der Waals surface area (Å²) in [5.74, 6) is -0.282. The molecule has 104 valence electrons. The van der Waals surface area contributed by atoms with Gasteiger partial charge in [0.05, 0.1) is 11.5 Å². The van der Waals surface area contributed by atoms with Crippen LogP contribution < -0.4 is 10.7 Å². The number of carbonyl (C=O) groups is 1. The van der Waals surface area contributed by atoms with E-state index in [2.05, 4.69) is 10.3 Å². The Kier molecular flexibility index (Phi) is 3.75. The summed E-state index contributed by atoms with van der Waals surface area (Å²) in [6.45, 7) is 1.73. The summed E-state index contributed by atoms with van der Waals surface area (Å²) in [4.78, 5) is 26.4. The Labute approximate surface area is 111 Å². The number of hydrogen-bond acceptors (Lipinski definition) is 4. The third kappa shape index (κ3) is 3.44. The first-order valence-electron chi connectivity index (χ1n) is 6.08. The summed E-state index contributed by atoms with van der Waals surface area (Å²) in [5, 5.41) is 2.71. The van der Waals surface area contributed by atoms with Gasteiger partial charge < -0.3 is 10.3 Å². The van der Waals surface area contributed by atoms with Crippen LogP contribution in [-0.2, 0) is 9.84 Å². The maximum Gasteiger partial charge on any atom is 0.256 e. The molecule has 1 aromatic rings. The Hall–Kier alpha value is -1.63. The lowest BCUT2D eigenvalue weighted by Crippen LogP contribution is -2.42. The second-order valence-electron chi connectivity index (χ2n) is 4.79. The normalized spacial score (nSPS) is 19.0. The molecule has 0 aliphatic carbocycles. The van der Waals surface area contributed by atoms with Gasteiger partial charge >= 0.3 is 0 Å². The molecule has 1 aliphatic rings. The zero-order chi connectivity index (χ0) is 14.0. The number of H-pyrrole nitrogens is 1. The van der Waals surface area contributed by atoms with Crippen molar-refractivity contribution in [2.75, 3.05) is 11.5 Å². The molecule has 1 aromatic heterocycles. The lowest BCUT2D eigenvalue weighted by molar-refractivity contribution is 0.0933. The van der Waals surface area contributed by atoms with E-state index in [-0.39, 0.29) is 28.5 Å². The second-order valence-corrected chi connectivity index (χ2v) is 7.10. The largest absolute Gasteiger partial charge is 0.364 e. The van der Waals surface area contributed by atoms with Gasteiger partial charge in [0.2, 0.25) is 0 Å². The molecule has 1 aliphatic heterocycles. The topological polar surface area (TPSA) is 96.1 Å². The fourth-order valence-corrected chi connectivity index (χ4v) is 3.54. The molecule has 7 heteroatoms. The van der Waals surface area contributed by atoms with Crippen molar-refractivity contribution >= 4 is 15.7 Å². The summed E-state index contributed by atoms with van der Waals surface area (Å²) in [6.07, 6.45) is 2.18. The summed E-state index contributed by atoms with van der Waals surface area (Å²) in [7, 11) is -2.95. The van der Waals surface area contributed by atoms with E-state index in [4.69, 9.17) is 0 Å². The maximum absolute atomic E-state index is 11.9. The number of aryl methyl sites for hydroxylation is 1. The molecular formula is C12H16N2O4S. The highest BCUT2D eigenvalue weighted by molar-refractivity contribution is 7.91. The quantitative estimate of drug-likeness (QED) is 0.798. The molecule has 0 radical (unpaired) electrons. The fraction of sp³-hybridized carbons (Fsp3) is 0.500. The van der Waals surface area contributed by atoms with Gasteiger partial charge in [-0.05, 0) is 19.8 Å². The molecule has 0 aromatic carbocycles. The van der Waals surface area contributed by atoms with Crippen molar-refractivity contribution in [3.63, 3.8) is 0 Å². The molecule has 0 saturated carbocycles. The fourth-order valence-electron chi connectivity index (χ4n) is 2.05. The molecule has 2 rings (SSSR count). The van der Waals surface area contributed by atoms with Gasteiger partial charge in [0.25, 0.3) is 5.91 Å². The van der Waals surface area contributed by atoms with Crippen molar-refractivity contribution in [1.82, 2.24) is 10.3 Å². The molecule has 1 saturated heterocycles. The van der Waals surface area contributed by atoms with E-state index in [0.717, 1.165) is 0 Å². The van der Waals surface area contributed by atoms with Gasteiger partial charge in [-0.2, -0.15) is 0 Å². The Morgan fingerprint density at radius 2 is 2.00 bits per heavy atom. The zero-order valence-electron chi connectivity index (χ0n) is 10.6. The minimum absolute atomic E-state index is 0.0547. The van der Waals surface area contributed by atoms with Crippen LogP contribution >= 0.6 is 0 Å². The van der Waals surface area contributed by atoms with E-state index in [1.165, 1.54) is 12.3 Å². The van der Waals surface area contributed by atoms with Crippen molar-refractivity contribution in [2.45, 2.75) is 25.8 Å². The first kappa shape index (κ1) is 13.8. The third-order valence-electron chi connectivity index (χ3n) is 3.19. The van der Waals surface area contributed by atoms with E-state index in [1.807, 2.05) is 0 Å². The van der Waals surface area contributed by atoms with Gasteiger partial charge in [0, 0.05) is 24.0 Å². The van der Waals surface area contributed by atoms with Crippen LogP contribution in [0.5, 0.6) is 0 Å². The van der Waals surface area contributed by atoms with E-state index < -0.39 is 15.7 Å². The minimum atomic E-state index is -2.95. The molecule has 2 N–H and O–H groups in total. The number of pyridine rings is 1. The first-order chi connectivity index (χ1) is 8.87. The zero-order valence-corrected chi connectivity index (χ0v) is 11.4. The highest BCUT2D eigenvalue weighted by atomic mass is 32.2. The average Bonchev–Trinajstić information content (AvgIpc) is 2.31. The molecule has 1 fully saturated rings. The number of carbonyl (C=O) groups excluding carboxylic acids is 1. The summed E-state index contributed by atoms with van der Waals surface area (Å²) < 4.78 is 22.6. The number of hydrogen-bond donors (Lipinski definition) is 2. The average molecular weight is 284 g/mol. The molecule has 0 spiro atoms. The van der Waals surface area contributed by atoms with Gasteiger partial charge in [-0.25, -0.2) is 8.42 Å². The van der Waals surface area contributed by atoms with E-state index in [1.54, 1.807) is 6.92 Å². The van der Waals surface area contributed by atoms with E-state index in [0.29, 0.717) is 18.5 Å². The van der Waals surface area contributed by atoms with Crippen LogP contribution in [0.15, 0.2) is 17.1 Å². The molecule has 0 unspecified atom stereocenters. The van der Waals surface area contributed by atoms with Crippen LogP contribution in [0.4, 0.5) is 0 Å². The van der Waals surface area contributed by atoms with E-state index in [9.17, 15) is 18.0 Å². The summed E-state index contributed by atoms with van der Waals surface area (Å²) >= 11 is 0. The van der Waals surface area contributed by atoms with Crippen LogP contribution in [0, 0.1) is 6.92 Å². The van der Waals surface area contributed by atoms with Crippen molar-refractivity contribution in [1.29, 1.82) is 0 Å². The monoisotopic (exact) mass is 284 g/mol. The predicted octanol–water partition coefficient (Wildman–Crippen LogP) is -0.00968. The van der Waals surface area contributed by atoms with Gasteiger partial charge in [-0.15, -0.1) is 0 Å². The molecule has 19 heavy (non-hydrogen) atoms. The number of nitrogens with one attached hydrogen (secondary N) is 2. The van der Waals surface area contributed by atoms with Crippen LogP contribution in [0.2, 0.25) is 0 Å². The number of aromatic amines is 1. The van der Waals surface area contributed by atoms with Crippen molar-refractivity contribution in [2.24, 2.45) is 0 Å². The standard InChI is InChI=1S/C12H16N2O4S/c1-8-6-11(15)10(7-13-8)12(16)14-9-2-4-19(17,18)5-3-9/h6-7,9H,2-5H2,1H3,(H,13,15)(H,14,16). The van der Waals surface area contributed by atoms with Crippen LogP contribution in [0.3, 0.4) is 0 Å². The lowest BCUT2D eigenvalue weighted by Gasteiger charge is -2.22. The first-order valence-corrected chi connectivity index (χ1v) is 7.90. The Morgan fingerprint density at radius 1 is 1.37 bits per heavy atom. The molecule has 0 atom stereocenters. The van der Waals surface area contributed by atoms with Crippen LogP contribution in [0.25, 0.3) is 0 Å². The highest BCUT2D eigenvalue weighted by Gasteiger charge is 2.25.